The van der Waals surface area contributed by atoms with Crippen molar-refractivity contribution in [3.63, 3.8) is 0 Å². The standard InChI is InChI=1S/C13H13N3O/c1-9-15-7-12(6-14)13(16-9)11-4-2-3-10(5-11)8-17/h2-7,14,17H,8H2,1H3. The minimum absolute atomic E-state index is 0.00215. The van der Waals surface area contributed by atoms with Crippen LogP contribution in [0.1, 0.15) is 17.0 Å². The van der Waals surface area contributed by atoms with Crippen LogP contribution in [0.5, 0.6) is 0 Å². The highest BCUT2D eigenvalue weighted by molar-refractivity contribution is 5.86. The molecule has 86 valence electrons. The fourth-order valence-corrected chi connectivity index (χ4v) is 1.63. The first-order valence-electron chi connectivity index (χ1n) is 5.29. The van der Waals surface area contributed by atoms with Crippen LogP contribution in [0.4, 0.5) is 0 Å². The van der Waals surface area contributed by atoms with Crippen LogP contribution >= 0.6 is 0 Å². The van der Waals surface area contributed by atoms with E-state index in [0.29, 0.717) is 11.4 Å². The highest BCUT2D eigenvalue weighted by atomic mass is 16.3. The number of nitrogens with one attached hydrogen (secondary N) is 1. The molecule has 0 aliphatic carbocycles. The van der Waals surface area contributed by atoms with Crippen LogP contribution < -0.4 is 0 Å². The average Bonchev–Trinajstić information content (AvgIpc) is 2.39. The van der Waals surface area contributed by atoms with E-state index in [1.807, 2.05) is 31.2 Å². The Balaban J connectivity index is 2.58. The zero-order valence-corrected chi connectivity index (χ0v) is 9.51. The van der Waals surface area contributed by atoms with Crippen molar-refractivity contribution in [3.05, 3.63) is 47.4 Å². The monoisotopic (exact) mass is 227 g/mol. The molecule has 1 heterocycles. The molecular formula is C13H13N3O. The lowest BCUT2D eigenvalue weighted by molar-refractivity contribution is 0.282. The summed E-state index contributed by atoms with van der Waals surface area (Å²) in [4.78, 5) is 8.41. The first-order chi connectivity index (χ1) is 8.24. The van der Waals surface area contributed by atoms with E-state index in [0.717, 1.165) is 16.8 Å². The minimum atomic E-state index is -0.00215. The Hall–Kier alpha value is -2.07. The van der Waals surface area contributed by atoms with E-state index in [4.69, 9.17) is 10.5 Å². The van der Waals surface area contributed by atoms with Crippen molar-refractivity contribution < 1.29 is 5.11 Å². The first-order valence-corrected chi connectivity index (χ1v) is 5.29. The second kappa shape index (κ2) is 4.84. The molecule has 0 saturated carbocycles. The number of hydrogen-bond acceptors (Lipinski definition) is 4. The summed E-state index contributed by atoms with van der Waals surface area (Å²) in [7, 11) is 0. The third-order valence-corrected chi connectivity index (χ3v) is 2.48. The van der Waals surface area contributed by atoms with Gasteiger partial charge in [-0.15, -0.1) is 0 Å². The van der Waals surface area contributed by atoms with Crippen molar-refractivity contribution >= 4 is 6.21 Å². The van der Waals surface area contributed by atoms with Crippen molar-refractivity contribution in [1.82, 2.24) is 9.97 Å². The SMILES string of the molecule is Cc1ncc(C=N)c(-c2cccc(CO)c2)n1. The van der Waals surface area contributed by atoms with E-state index in [1.165, 1.54) is 6.21 Å². The molecule has 0 aliphatic rings. The van der Waals surface area contributed by atoms with E-state index in [1.54, 1.807) is 6.20 Å². The van der Waals surface area contributed by atoms with Crippen LogP contribution in [-0.2, 0) is 6.61 Å². The Labute approximate surface area is 99.5 Å². The molecule has 0 amide bonds. The van der Waals surface area contributed by atoms with Crippen molar-refractivity contribution in [2.45, 2.75) is 13.5 Å². The largest absolute Gasteiger partial charge is 0.392 e. The molecule has 1 aromatic carbocycles. The Morgan fingerprint density at radius 1 is 1.41 bits per heavy atom. The predicted octanol–water partition coefficient (Wildman–Crippen LogP) is 1.94. The van der Waals surface area contributed by atoms with Crippen molar-refractivity contribution in [3.8, 4) is 11.3 Å². The fourth-order valence-electron chi connectivity index (χ4n) is 1.63. The van der Waals surface area contributed by atoms with Crippen LogP contribution in [-0.4, -0.2) is 21.3 Å². The number of aliphatic hydroxyl groups is 1. The van der Waals surface area contributed by atoms with Crippen LogP contribution in [0.25, 0.3) is 11.3 Å². The lowest BCUT2D eigenvalue weighted by atomic mass is 10.1. The molecule has 2 N–H and O–H groups in total. The first kappa shape index (κ1) is 11.4. The van der Waals surface area contributed by atoms with E-state index < -0.39 is 0 Å². The summed E-state index contributed by atoms with van der Waals surface area (Å²) < 4.78 is 0. The molecule has 0 radical (unpaired) electrons. The lowest BCUT2D eigenvalue weighted by Gasteiger charge is -2.06. The second-order valence-corrected chi connectivity index (χ2v) is 3.72. The average molecular weight is 227 g/mol. The van der Waals surface area contributed by atoms with Crippen LogP contribution in [0.3, 0.4) is 0 Å². The Bertz CT molecular complexity index is 552. The molecule has 2 aromatic rings. The van der Waals surface area contributed by atoms with Crippen LogP contribution in [0, 0.1) is 12.3 Å². The topological polar surface area (TPSA) is 69.9 Å². The van der Waals surface area contributed by atoms with E-state index in [9.17, 15) is 0 Å². The molecule has 4 nitrogen and oxygen atoms in total. The van der Waals surface area contributed by atoms with Crippen molar-refractivity contribution in [2.24, 2.45) is 0 Å². The number of benzene rings is 1. The molecule has 0 spiro atoms. The quantitative estimate of drug-likeness (QED) is 0.787. The molecule has 0 saturated heterocycles. The third-order valence-electron chi connectivity index (χ3n) is 2.48. The maximum Gasteiger partial charge on any atom is 0.125 e. The smallest absolute Gasteiger partial charge is 0.125 e. The van der Waals surface area contributed by atoms with Gasteiger partial charge in [-0.1, -0.05) is 18.2 Å². The van der Waals surface area contributed by atoms with E-state index in [2.05, 4.69) is 9.97 Å². The van der Waals surface area contributed by atoms with Gasteiger partial charge in [0, 0.05) is 23.5 Å². The van der Waals surface area contributed by atoms with Gasteiger partial charge in [-0.2, -0.15) is 0 Å². The molecule has 2 rings (SSSR count). The van der Waals surface area contributed by atoms with Crippen LogP contribution in [0.15, 0.2) is 30.5 Å². The highest BCUT2D eigenvalue weighted by Crippen LogP contribution is 2.21. The van der Waals surface area contributed by atoms with Gasteiger partial charge >= 0.3 is 0 Å². The third kappa shape index (κ3) is 2.37. The number of rotatable bonds is 3. The van der Waals surface area contributed by atoms with Gasteiger partial charge in [-0.3, -0.25) is 0 Å². The number of aromatic nitrogens is 2. The summed E-state index contributed by atoms with van der Waals surface area (Å²) in [5.41, 5.74) is 3.11. The van der Waals surface area contributed by atoms with Gasteiger partial charge in [-0.05, 0) is 18.6 Å². The number of aliphatic hydroxyl groups excluding tert-OH is 1. The maximum atomic E-state index is 9.11. The summed E-state index contributed by atoms with van der Waals surface area (Å²) >= 11 is 0. The van der Waals surface area contributed by atoms with Gasteiger partial charge in [0.15, 0.2) is 0 Å². The summed E-state index contributed by atoms with van der Waals surface area (Å²) in [5.74, 6) is 0.667. The summed E-state index contributed by atoms with van der Waals surface area (Å²) in [6, 6.07) is 7.50. The zero-order chi connectivity index (χ0) is 12.3. The summed E-state index contributed by atoms with van der Waals surface area (Å²) in [6.07, 6.45) is 2.87. The molecule has 0 aliphatic heterocycles. The maximum absolute atomic E-state index is 9.11. The summed E-state index contributed by atoms with van der Waals surface area (Å²) in [5, 5.41) is 16.5. The van der Waals surface area contributed by atoms with Gasteiger partial charge in [0.2, 0.25) is 0 Å². The van der Waals surface area contributed by atoms with Gasteiger partial charge in [0.25, 0.3) is 0 Å². The number of hydrogen-bond donors (Lipinski definition) is 2. The Morgan fingerprint density at radius 2 is 2.24 bits per heavy atom. The van der Waals surface area contributed by atoms with Crippen molar-refractivity contribution in [1.29, 1.82) is 5.41 Å². The van der Waals surface area contributed by atoms with Gasteiger partial charge in [-0.25, -0.2) is 9.97 Å². The molecular weight excluding hydrogens is 214 g/mol. The molecule has 17 heavy (non-hydrogen) atoms. The lowest BCUT2D eigenvalue weighted by Crippen LogP contribution is -1.97. The van der Waals surface area contributed by atoms with Gasteiger partial charge in [0.1, 0.15) is 5.82 Å². The van der Waals surface area contributed by atoms with Gasteiger partial charge < -0.3 is 10.5 Å². The van der Waals surface area contributed by atoms with Gasteiger partial charge in [0.05, 0.1) is 12.3 Å². The molecule has 0 atom stereocenters. The summed E-state index contributed by atoms with van der Waals surface area (Å²) in [6.45, 7) is 1.81. The van der Waals surface area contributed by atoms with Crippen LogP contribution in [0.2, 0.25) is 0 Å². The van der Waals surface area contributed by atoms with E-state index >= 15 is 0 Å². The fraction of sp³-hybridized carbons (Fsp3) is 0.154. The molecule has 1 aromatic heterocycles. The highest BCUT2D eigenvalue weighted by Gasteiger charge is 2.06. The second-order valence-electron chi connectivity index (χ2n) is 3.72. The molecule has 0 fully saturated rings. The Kier molecular flexibility index (Phi) is 3.25. The molecule has 4 heteroatoms. The normalized spacial score (nSPS) is 10.2. The number of nitrogens with zero attached hydrogens (tertiary/aromatic N) is 2. The Morgan fingerprint density at radius 3 is 2.94 bits per heavy atom. The van der Waals surface area contributed by atoms with Crippen molar-refractivity contribution in [2.75, 3.05) is 0 Å². The van der Waals surface area contributed by atoms with E-state index in [-0.39, 0.29) is 6.61 Å². The minimum Gasteiger partial charge on any atom is -0.392 e. The molecule has 0 bridgehead atoms. The zero-order valence-electron chi connectivity index (χ0n) is 9.51. The predicted molar refractivity (Wildman–Crippen MR) is 66.0 cm³/mol. The molecule has 0 unspecified atom stereocenters. The number of aryl methyl sites for hydroxylation is 1.